The quantitative estimate of drug-likeness (QED) is 0.646. The summed E-state index contributed by atoms with van der Waals surface area (Å²) in [5, 5.41) is 7.03. The van der Waals surface area contributed by atoms with E-state index in [1.807, 2.05) is 49.5 Å². The van der Waals surface area contributed by atoms with Crippen LogP contribution in [0.4, 0.5) is 0 Å². The molecule has 6 nitrogen and oxygen atoms in total. The van der Waals surface area contributed by atoms with Crippen molar-refractivity contribution in [2.45, 2.75) is 49.7 Å². The summed E-state index contributed by atoms with van der Waals surface area (Å²) in [5.41, 5.74) is 1.30. The highest BCUT2D eigenvalue weighted by atomic mass is 32.2. The van der Waals surface area contributed by atoms with Gasteiger partial charge < -0.3 is 14.6 Å². The molecule has 29 heavy (non-hydrogen) atoms. The van der Waals surface area contributed by atoms with Crippen molar-refractivity contribution in [3.63, 3.8) is 0 Å². The highest BCUT2D eigenvalue weighted by Crippen LogP contribution is 2.43. The molecule has 2 fully saturated rings. The molecule has 1 N–H and O–H groups in total. The van der Waals surface area contributed by atoms with E-state index in [9.17, 15) is 4.79 Å². The van der Waals surface area contributed by atoms with Gasteiger partial charge in [0.05, 0.1) is 4.58 Å². The van der Waals surface area contributed by atoms with Crippen molar-refractivity contribution in [1.82, 2.24) is 15.5 Å². The third-order valence-electron chi connectivity index (χ3n) is 5.00. The summed E-state index contributed by atoms with van der Waals surface area (Å²) in [4.78, 5) is 16.9. The smallest absolute Gasteiger partial charge is 0.258 e. The van der Waals surface area contributed by atoms with E-state index in [4.69, 9.17) is 9.26 Å². The van der Waals surface area contributed by atoms with Crippen molar-refractivity contribution in [3.8, 4) is 5.75 Å². The fourth-order valence-corrected chi connectivity index (χ4v) is 6.05. The largest absolute Gasteiger partial charge is 0.484 e. The van der Waals surface area contributed by atoms with Gasteiger partial charge in [0.15, 0.2) is 12.4 Å². The van der Waals surface area contributed by atoms with E-state index in [0.29, 0.717) is 22.1 Å². The van der Waals surface area contributed by atoms with Crippen LogP contribution in [0, 0.1) is 5.92 Å². The Hall–Kier alpha value is -1.67. The number of amides is 1. The molecule has 1 atom stereocenters. The molecule has 1 amide bonds. The van der Waals surface area contributed by atoms with Crippen LogP contribution in [0.3, 0.4) is 0 Å². The standard InChI is InChI=1S/C21H27N3O3S2/c1-13(2)18(20-23-19(24-27-20)14-4-5-14)22-17(25)12-26-16-8-6-15(7-9-16)21-28-10-3-11-29-21/h6-9,13-14,18,21H,3-5,10-12H2,1-2H3,(H,22,25). The van der Waals surface area contributed by atoms with E-state index >= 15 is 0 Å². The zero-order valence-electron chi connectivity index (χ0n) is 16.8. The van der Waals surface area contributed by atoms with Gasteiger partial charge in [-0.05, 0) is 54.4 Å². The van der Waals surface area contributed by atoms with Crippen LogP contribution in [0.25, 0.3) is 0 Å². The van der Waals surface area contributed by atoms with Gasteiger partial charge in [0.25, 0.3) is 5.91 Å². The molecule has 1 aliphatic carbocycles. The third kappa shape index (κ3) is 5.48. The minimum atomic E-state index is -0.311. The maximum Gasteiger partial charge on any atom is 0.258 e. The third-order valence-corrected chi connectivity index (χ3v) is 8.01. The van der Waals surface area contributed by atoms with Crippen molar-refractivity contribution in [1.29, 1.82) is 0 Å². The van der Waals surface area contributed by atoms with E-state index in [0.717, 1.165) is 18.7 Å². The van der Waals surface area contributed by atoms with E-state index in [2.05, 4.69) is 27.6 Å². The zero-order valence-corrected chi connectivity index (χ0v) is 18.4. The number of rotatable bonds is 8. The summed E-state index contributed by atoms with van der Waals surface area (Å²) >= 11 is 3.99. The molecule has 1 saturated heterocycles. The predicted molar refractivity (Wildman–Crippen MR) is 116 cm³/mol. The molecule has 1 unspecified atom stereocenters. The van der Waals surface area contributed by atoms with Gasteiger partial charge in [-0.25, -0.2) is 0 Å². The fourth-order valence-electron chi connectivity index (χ4n) is 3.16. The molecule has 0 spiro atoms. The highest BCUT2D eigenvalue weighted by molar-refractivity contribution is 8.16. The monoisotopic (exact) mass is 433 g/mol. The Kier molecular flexibility index (Phi) is 6.70. The van der Waals surface area contributed by atoms with Crippen molar-refractivity contribution < 1.29 is 14.1 Å². The Bertz CT molecular complexity index is 815. The maximum atomic E-state index is 12.4. The Morgan fingerprint density at radius 1 is 1.24 bits per heavy atom. The van der Waals surface area contributed by atoms with Crippen LogP contribution in [-0.4, -0.2) is 34.2 Å². The average molecular weight is 434 g/mol. The lowest BCUT2D eigenvalue weighted by Crippen LogP contribution is -2.35. The molecular weight excluding hydrogens is 406 g/mol. The number of carbonyl (C=O) groups is 1. The summed E-state index contributed by atoms with van der Waals surface area (Å²) in [6.07, 6.45) is 3.51. The van der Waals surface area contributed by atoms with E-state index < -0.39 is 0 Å². The predicted octanol–water partition coefficient (Wildman–Crippen LogP) is 4.71. The number of nitrogens with one attached hydrogen (secondary N) is 1. The average Bonchev–Trinajstić information content (AvgIpc) is 3.48. The number of benzene rings is 1. The van der Waals surface area contributed by atoms with Crippen molar-refractivity contribution in [3.05, 3.63) is 41.5 Å². The van der Waals surface area contributed by atoms with Gasteiger partial charge in [-0.1, -0.05) is 31.1 Å². The molecule has 0 bridgehead atoms. The molecule has 2 aliphatic rings. The molecule has 1 saturated carbocycles. The number of hydrogen-bond acceptors (Lipinski definition) is 7. The molecule has 2 heterocycles. The molecular formula is C21H27N3O3S2. The maximum absolute atomic E-state index is 12.4. The first kappa shape index (κ1) is 20.6. The molecule has 2 aromatic rings. The lowest BCUT2D eigenvalue weighted by Gasteiger charge is -2.21. The normalized spacial score (nSPS) is 18.6. The second kappa shape index (κ2) is 9.43. The van der Waals surface area contributed by atoms with Crippen LogP contribution in [-0.2, 0) is 4.79 Å². The van der Waals surface area contributed by atoms with Crippen molar-refractivity contribution in [2.75, 3.05) is 18.1 Å². The Labute approximate surface area is 179 Å². The highest BCUT2D eigenvalue weighted by Gasteiger charge is 2.31. The molecule has 4 rings (SSSR count). The number of hydrogen-bond donors (Lipinski definition) is 1. The van der Waals surface area contributed by atoms with Crippen LogP contribution >= 0.6 is 23.5 Å². The summed E-state index contributed by atoms with van der Waals surface area (Å²) in [5.74, 6) is 4.73. The van der Waals surface area contributed by atoms with Gasteiger partial charge in [0.2, 0.25) is 5.89 Å². The first-order valence-corrected chi connectivity index (χ1v) is 12.3. The topological polar surface area (TPSA) is 77.2 Å². The first-order chi connectivity index (χ1) is 14.1. The lowest BCUT2D eigenvalue weighted by atomic mass is 10.0. The number of thioether (sulfide) groups is 2. The second-order valence-electron chi connectivity index (χ2n) is 7.84. The molecule has 156 valence electrons. The van der Waals surface area contributed by atoms with Gasteiger partial charge in [0, 0.05) is 5.92 Å². The number of nitrogens with zero attached hydrogens (tertiary/aromatic N) is 2. The molecule has 1 aromatic carbocycles. The molecule has 0 radical (unpaired) electrons. The van der Waals surface area contributed by atoms with E-state index in [-0.39, 0.29) is 24.5 Å². The van der Waals surface area contributed by atoms with E-state index in [1.54, 1.807) is 0 Å². The Morgan fingerprint density at radius 2 is 1.97 bits per heavy atom. The first-order valence-electron chi connectivity index (χ1n) is 10.2. The van der Waals surface area contributed by atoms with Gasteiger partial charge in [-0.15, -0.1) is 23.5 Å². The number of aromatic nitrogens is 2. The number of carbonyl (C=O) groups excluding carboxylic acids is 1. The number of ether oxygens (including phenoxy) is 1. The van der Waals surface area contributed by atoms with Crippen LogP contribution in [0.5, 0.6) is 5.75 Å². The van der Waals surface area contributed by atoms with Crippen LogP contribution < -0.4 is 10.1 Å². The minimum absolute atomic E-state index is 0.0425. The van der Waals surface area contributed by atoms with Crippen LogP contribution in [0.15, 0.2) is 28.8 Å². The van der Waals surface area contributed by atoms with Crippen molar-refractivity contribution in [2.24, 2.45) is 5.92 Å². The van der Waals surface area contributed by atoms with Crippen molar-refractivity contribution >= 4 is 29.4 Å². The van der Waals surface area contributed by atoms with E-state index in [1.165, 1.54) is 23.5 Å². The molecule has 8 heteroatoms. The summed E-state index contributed by atoms with van der Waals surface area (Å²) in [7, 11) is 0. The lowest BCUT2D eigenvalue weighted by molar-refractivity contribution is -0.124. The molecule has 1 aromatic heterocycles. The van der Waals surface area contributed by atoms with Gasteiger partial charge >= 0.3 is 0 Å². The summed E-state index contributed by atoms with van der Waals surface area (Å²) in [6.45, 7) is 4.00. The second-order valence-corrected chi connectivity index (χ2v) is 10.6. The van der Waals surface area contributed by atoms with Crippen LogP contribution in [0.2, 0.25) is 0 Å². The van der Waals surface area contributed by atoms with Gasteiger partial charge in [-0.3, -0.25) is 4.79 Å². The molecule has 1 aliphatic heterocycles. The SMILES string of the molecule is CC(C)C(NC(=O)COc1ccc(C2SCCCS2)cc1)c1nc(C2CC2)no1. The van der Waals surface area contributed by atoms with Gasteiger partial charge in [-0.2, -0.15) is 4.98 Å². The zero-order chi connectivity index (χ0) is 20.2. The minimum Gasteiger partial charge on any atom is -0.484 e. The summed E-state index contributed by atoms with van der Waals surface area (Å²) < 4.78 is 11.6. The summed E-state index contributed by atoms with van der Waals surface area (Å²) in [6, 6.07) is 7.76. The van der Waals surface area contributed by atoms with Gasteiger partial charge in [0.1, 0.15) is 11.8 Å². The Morgan fingerprint density at radius 3 is 2.62 bits per heavy atom. The fraction of sp³-hybridized carbons (Fsp3) is 0.571. The van der Waals surface area contributed by atoms with Crippen LogP contribution in [0.1, 0.15) is 66.9 Å². The Balaban J connectivity index is 1.29.